The summed E-state index contributed by atoms with van der Waals surface area (Å²) in [6.45, 7) is 0.867. The zero-order valence-electron chi connectivity index (χ0n) is 16.3. The summed E-state index contributed by atoms with van der Waals surface area (Å²) in [5.41, 5.74) is 3.22. The lowest BCUT2D eigenvalue weighted by atomic mass is 10.00. The molecule has 2 aromatic rings. The fraction of sp³-hybridized carbons (Fsp3) is 0.409. The lowest BCUT2D eigenvalue weighted by Gasteiger charge is -2.25. The van der Waals surface area contributed by atoms with Crippen molar-refractivity contribution in [2.45, 2.75) is 17.7 Å². The first-order chi connectivity index (χ1) is 13.3. The molecule has 28 heavy (non-hydrogen) atoms. The summed E-state index contributed by atoms with van der Waals surface area (Å²) >= 11 is 0. The van der Waals surface area contributed by atoms with Gasteiger partial charge in [-0.25, -0.2) is 8.42 Å². The maximum atomic E-state index is 12.8. The number of benzene rings is 2. The summed E-state index contributed by atoms with van der Waals surface area (Å²) in [5, 5.41) is -0.413. The van der Waals surface area contributed by atoms with Crippen LogP contribution < -0.4 is 0 Å². The van der Waals surface area contributed by atoms with Crippen molar-refractivity contribution in [3.63, 3.8) is 0 Å². The molecule has 6 heteroatoms. The minimum absolute atomic E-state index is 0.00189. The lowest BCUT2D eigenvalue weighted by Crippen LogP contribution is -2.39. The summed E-state index contributed by atoms with van der Waals surface area (Å²) in [7, 11) is 0.707. The Hall–Kier alpha value is -2.18. The Morgan fingerprint density at radius 1 is 1.00 bits per heavy atom. The largest absolute Gasteiger partial charge is 0.341 e. The first kappa shape index (κ1) is 19.2. The molecular formula is C22H26N2O3S. The van der Waals surface area contributed by atoms with Gasteiger partial charge in [-0.15, -0.1) is 0 Å². The molecule has 148 valence electrons. The summed E-state index contributed by atoms with van der Waals surface area (Å²) in [5.74, 6) is 0.233. The fourth-order valence-corrected chi connectivity index (χ4v) is 6.98. The number of amides is 1. The Morgan fingerprint density at radius 2 is 1.64 bits per heavy atom. The van der Waals surface area contributed by atoms with Crippen LogP contribution >= 0.6 is 0 Å². The van der Waals surface area contributed by atoms with Gasteiger partial charge >= 0.3 is 0 Å². The number of rotatable bonds is 4. The van der Waals surface area contributed by atoms with Gasteiger partial charge in [0.25, 0.3) is 0 Å². The van der Waals surface area contributed by atoms with Gasteiger partial charge in [0.1, 0.15) is 0 Å². The third kappa shape index (κ3) is 3.59. The number of hydrogen-bond donors (Lipinski definition) is 0. The van der Waals surface area contributed by atoms with Crippen LogP contribution in [0.4, 0.5) is 0 Å². The molecule has 4 rings (SSSR count). The molecule has 2 heterocycles. The van der Waals surface area contributed by atoms with Crippen LogP contribution in [-0.2, 0) is 21.1 Å². The third-order valence-corrected chi connectivity index (χ3v) is 8.33. The normalized spacial score (nSPS) is 25.8. The highest BCUT2D eigenvalue weighted by atomic mass is 32.2. The minimum Gasteiger partial charge on any atom is -0.341 e. The highest BCUT2D eigenvalue weighted by Gasteiger charge is 2.53. The molecule has 0 radical (unpaired) electrons. The SMILES string of the molecule is CN(C)[C@@H]1CS(=O)(=O)[C@H]2CN(C(=O)Cc3ccc(-c4ccccc4)cc3)C[C@@H]12. The summed E-state index contributed by atoms with van der Waals surface area (Å²) < 4.78 is 25.0. The van der Waals surface area contributed by atoms with Crippen molar-refractivity contribution in [1.82, 2.24) is 9.80 Å². The van der Waals surface area contributed by atoms with E-state index >= 15 is 0 Å². The van der Waals surface area contributed by atoms with Crippen molar-refractivity contribution in [2.24, 2.45) is 5.92 Å². The van der Waals surface area contributed by atoms with Gasteiger partial charge in [0, 0.05) is 25.0 Å². The van der Waals surface area contributed by atoms with E-state index in [1.807, 2.05) is 61.5 Å². The van der Waals surface area contributed by atoms with Gasteiger partial charge in [-0.3, -0.25) is 4.79 Å². The monoisotopic (exact) mass is 398 g/mol. The van der Waals surface area contributed by atoms with Gasteiger partial charge < -0.3 is 9.80 Å². The maximum Gasteiger partial charge on any atom is 0.227 e. The van der Waals surface area contributed by atoms with Gasteiger partial charge in [0.05, 0.1) is 17.4 Å². The topological polar surface area (TPSA) is 57.7 Å². The van der Waals surface area contributed by atoms with E-state index in [1.165, 1.54) is 0 Å². The van der Waals surface area contributed by atoms with Crippen LogP contribution in [0.2, 0.25) is 0 Å². The minimum atomic E-state index is -3.13. The van der Waals surface area contributed by atoms with Gasteiger partial charge in [-0.05, 0) is 30.8 Å². The second kappa shape index (κ2) is 7.33. The van der Waals surface area contributed by atoms with Crippen LogP contribution in [0.3, 0.4) is 0 Å². The predicted octanol–water partition coefficient (Wildman–Crippen LogP) is 2.08. The van der Waals surface area contributed by atoms with E-state index < -0.39 is 15.1 Å². The molecule has 1 amide bonds. The molecule has 0 bridgehead atoms. The Bertz CT molecular complexity index is 955. The molecule has 2 aliphatic heterocycles. The molecule has 3 atom stereocenters. The lowest BCUT2D eigenvalue weighted by molar-refractivity contribution is -0.129. The van der Waals surface area contributed by atoms with Crippen LogP contribution in [0, 0.1) is 5.92 Å². The molecule has 0 unspecified atom stereocenters. The number of fused-ring (bicyclic) bond motifs is 1. The molecule has 5 nitrogen and oxygen atoms in total. The average Bonchev–Trinajstić information content (AvgIpc) is 3.23. The van der Waals surface area contributed by atoms with Crippen LogP contribution in [0.5, 0.6) is 0 Å². The zero-order chi connectivity index (χ0) is 19.9. The van der Waals surface area contributed by atoms with E-state index in [0.29, 0.717) is 19.5 Å². The second-order valence-corrected chi connectivity index (χ2v) is 10.4. The van der Waals surface area contributed by atoms with Crippen LogP contribution in [0.15, 0.2) is 54.6 Å². The van der Waals surface area contributed by atoms with E-state index in [0.717, 1.165) is 16.7 Å². The van der Waals surface area contributed by atoms with Gasteiger partial charge in [-0.2, -0.15) is 0 Å². The van der Waals surface area contributed by atoms with Crippen LogP contribution in [-0.4, -0.2) is 68.4 Å². The molecular weight excluding hydrogens is 372 g/mol. The molecule has 2 aliphatic rings. The quantitative estimate of drug-likeness (QED) is 0.791. The number of carbonyl (C=O) groups excluding carboxylic acids is 1. The maximum absolute atomic E-state index is 12.8. The first-order valence-corrected chi connectivity index (χ1v) is 11.4. The number of likely N-dealkylation sites (tertiary alicyclic amines) is 1. The van der Waals surface area contributed by atoms with E-state index in [9.17, 15) is 13.2 Å². The molecule has 0 aromatic heterocycles. The molecule has 2 fully saturated rings. The molecule has 2 aromatic carbocycles. The summed E-state index contributed by atoms with van der Waals surface area (Å²) in [6, 6.07) is 18.1. The molecule has 0 N–H and O–H groups in total. The van der Waals surface area contributed by atoms with E-state index in [2.05, 4.69) is 12.1 Å². The van der Waals surface area contributed by atoms with Crippen molar-refractivity contribution in [3.05, 3.63) is 60.2 Å². The van der Waals surface area contributed by atoms with E-state index in [-0.39, 0.29) is 23.6 Å². The van der Waals surface area contributed by atoms with Crippen molar-refractivity contribution in [1.29, 1.82) is 0 Å². The van der Waals surface area contributed by atoms with Crippen molar-refractivity contribution in [2.75, 3.05) is 32.9 Å². The number of nitrogens with zero attached hydrogens (tertiary/aromatic N) is 2. The molecule has 2 saturated heterocycles. The summed E-state index contributed by atoms with van der Waals surface area (Å²) in [6.07, 6.45) is 0.307. The molecule has 0 aliphatic carbocycles. The van der Waals surface area contributed by atoms with Crippen LogP contribution in [0.25, 0.3) is 11.1 Å². The standard InChI is InChI=1S/C22H26N2O3S/c1-23(2)20-15-28(26,27)21-14-24(13-19(20)21)22(25)12-16-8-10-18(11-9-16)17-6-4-3-5-7-17/h3-11,19-21H,12-15H2,1-2H3/t19-,20+,21-/m0/s1. The Labute approximate surface area is 166 Å². The van der Waals surface area contributed by atoms with Gasteiger partial charge in [0.15, 0.2) is 9.84 Å². The van der Waals surface area contributed by atoms with Crippen LogP contribution in [0.1, 0.15) is 5.56 Å². The zero-order valence-corrected chi connectivity index (χ0v) is 17.1. The van der Waals surface area contributed by atoms with Crippen molar-refractivity contribution >= 4 is 15.7 Å². The van der Waals surface area contributed by atoms with Gasteiger partial charge in [-0.1, -0.05) is 54.6 Å². The smallest absolute Gasteiger partial charge is 0.227 e. The highest BCUT2D eigenvalue weighted by molar-refractivity contribution is 7.92. The number of carbonyl (C=O) groups is 1. The predicted molar refractivity (Wildman–Crippen MR) is 111 cm³/mol. The fourth-order valence-electron chi connectivity index (χ4n) is 4.50. The number of sulfone groups is 1. The Balaban J connectivity index is 1.44. The number of hydrogen-bond acceptors (Lipinski definition) is 4. The first-order valence-electron chi connectivity index (χ1n) is 9.65. The Kier molecular flexibility index (Phi) is 5.02. The highest BCUT2D eigenvalue weighted by Crippen LogP contribution is 2.36. The third-order valence-electron chi connectivity index (χ3n) is 6.10. The van der Waals surface area contributed by atoms with Crippen molar-refractivity contribution < 1.29 is 13.2 Å². The molecule has 0 saturated carbocycles. The summed E-state index contributed by atoms with van der Waals surface area (Å²) in [4.78, 5) is 16.5. The Morgan fingerprint density at radius 3 is 2.29 bits per heavy atom. The van der Waals surface area contributed by atoms with Gasteiger partial charge in [0.2, 0.25) is 5.91 Å². The van der Waals surface area contributed by atoms with E-state index in [4.69, 9.17) is 0 Å². The molecule has 0 spiro atoms. The average molecular weight is 399 g/mol. The second-order valence-electron chi connectivity index (χ2n) is 8.10. The van der Waals surface area contributed by atoms with Crippen molar-refractivity contribution in [3.8, 4) is 11.1 Å². The van der Waals surface area contributed by atoms with E-state index in [1.54, 1.807) is 4.90 Å².